The Kier molecular flexibility index (Phi) is 3.78. The molecule has 1 aliphatic heterocycles. The molecule has 1 aromatic rings. The van der Waals surface area contributed by atoms with Crippen molar-refractivity contribution in [3.8, 4) is 0 Å². The monoisotopic (exact) mass is 287 g/mol. The van der Waals surface area contributed by atoms with E-state index >= 15 is 0 Å². The van der Waals surface area contributed by atoms with Crippen LogP contribution in [0.5, 0.6) is 0 Å². The van der Waals surface area contributed by atoms with Crippen LogP contribution in [-0.2, 0) is 11.3 Å². The molecule has 3 nitrogen and oxygen atoms in total. The van der Waals surface area contributed by atoms with Crippen molar-refractivity contribution >= 4 is 5.97 Å². The Balaban J connectivity index is 1.64. The normalized spacial score (nSPS) is 26.4. The molecule has 1 atom stereocenters. The van der Waals surface area contributed by atoms with E-state index in [2.05, 4.69) is 29.2 Å². The van der Waals surface area contributed by atoms with Gasteiger partial charge in [-0.25, -0.2) is 0 Å². The first-order valence-corrected chi connectivity index (χ1v) is 8.06. The lowest BCUT2D eigenvalue weighted by Crippen LogP contribution is -2.39. The molecule has 1 aliphatic carbocycles. The van der Waals surface area contributed by atoms with E-state index in [0.717, 1.165) is 25.4 Å². The molecule has 21 heavy (non-hydrogen) atoms. The van der Waals surface area contributed by atoms with Crippen LogP contribution < -0.4 is 0 Å². The lowest BCUT2D eigenvalue weighted by Gasteiger charge is -2.28. The number of benzene rings is 1. The minimum Gasteiger partial charge on any atom is -0.481 e. The summed E-state index contributed by atoms with van der Waals surface area (Å²) < 4.78 is 0. The maximum absolute atomic E-state index is 11.7. The first kappa shape index (κ1) is 14.6. The van der Waals surface area contributed by atoms with Gasteiger partial charge in [0.05, 0.1) is 5.41 Å². The molecule has 1 unspecified atom stereocenters. The number of rotatable bonds is 5. The summed E-state index contributed by atoms with van der Waals surface area (Å²) in [4.78, 5) is 14.0. The number of carbonyl (C=O) groups is 1. The van der Waals surface area contributed by atoms with E-state index in [1.165, 1.54) is 24.0 Å². The van der Waals surface area contributed by atoms with E-state index in [0.29, 0.717) is 6.54 Å². The highest BCUT2D eigenvalue weighted by Crippen LogP contribution is 2.40. The van der Waals surface area contributed by atoms with Crippen molar-refractivity contribution in [2.24, 2.45) is 11.3 Å². The van der Waals surface area contributed by atoms with Crippen molar-refractivity contribution in [1.29, 1.82) is 0 Å². The Hall–Kier alpha value is -1.35. The van der Waals surface area contributed by atoms with E-state index in [-0.39, 0.29) is 5.92 Å². The van der Waals surface area contributed by atoms with Crippen LogP contribution in [-0.4, -0.2) is 29.1 Å². The molecule has 1 saturated heterocycles. The standard InChI is InChI=1S/C18H25NO2/c1-13(2)18(17(20)21)9-10-19(12-18)11-14-3-5-15(6-4-14)16-7-8-16/h3-6,13,16H,7-12H2,1-2H3,(H,20,21). The SMILES string of the molecule is CC(C)C1(C(=O)O)CCN(Cc2ccc(C3CC3)cc2)C1. The van der Waals surface area contributed by atoms with Crippen LogP contribution in [0, 0.1) is 11.3 Å². The molecule has 0 amide bonds. The molecule has 3 heteroatoms. The maximum Gasteiger partial charge on any atom is 0.311 e. The van der Waals surface area contributed by atoms with Gasteiger partial charge in [0.15, 0.2) is 0 Å². The average molecular weight is 287 g/mol. The number of likely N-dealkylation sites (tertiary alicyclic amines) is 1. The second-order valence-corrected chi connectivity index (χ2v) is 7.09. The first-order chi connectivity index (χ1) is 10.0. The number of carboxylic acids is 1. The zero-order chi connectivity index (χ0) is 15.0. The minimum absolute atomic E-state index is 0.178. The predicted molar refractivity (Wildman–Crippen MR) is 83.2 cm³/mol. The Bertz CT molecular complexity index is 519. The summed E-state index contributed by atoms with van der Waals surface area (Å²) >= 11 is 0. The van der Waals surface area contributed by atoms with Gasteiger partial charge < -0.3 is 5.11 Å². The topological polar surface area (TPSA) is 40.5 Å². The summed E-state index contributed by atoms with van der Waals surface area (Å²) in [6.07, 6.45) is 3.43. The van der Waals surface area contributed by atoms with Crippen molar-refractivity contribution in [3.05, 3.63) is 35.4 Å². The van der Waals surface area contributed by atoms with Crippen LogP contribution in [0.3, 0.4) is 0 Å². The number of hydrogen-bond acceptors (Lipinski definition) is 2. The highest BCUT2D eigenvalue weighted by molar-refractivity contribution is 5.75. The van der Waals surface area contributed by atoms with Crippen LogP contribution in [0.4, 0.5) is 0 Å². The van der Waals surface area contributed by atoms with E-state index in [1.54, 1.807) is 0 Å². The second kappa shape index (κ2) is 5.45. The van der Waals surface area contributed by atoms with Crippen LogP contribution in [0.15, 0.2) is 24.3 Å². The van der Waals surface area contributed by atoms with Gasteiger partial charge in [0.2, 0.25) is 0 Å². The minimum atomic E-state index is -0.635. The quantitative estimate of drug-likeness (QED) is 0.901. The van der Waals surface area contributed by atoms with Crippen LogP contribution in [0.1, 0.15) is 50.2 Å². The van der Waals surface area contributed by atoms with Crippen molar-refractivity contribution in [2.75, 3.05) is 13.1 Å². The fourth-order valence-corrected chi connectivity index (χ4v) is 3.51. The summed E-state index contributed by atoms with van der Waals surface area (Å²) in [5, 5.41) is 9.60. The molecular formula is C18H25NO2. The molecular weight excluding hydrogens is 262 g/mol. The number of nitrogens with zero attached hydrogens (tertiary/aromatic N) is 1. The van der Waals surface area contributed by atoms with Gasteiger partial charge in [0.1, 0.15) is 0 Å². The first-order valence-electron chi connectivity index (χ1n) is 8.06. The van der Waals surface area contributed by atoms with Crippen molar-refractivity contribution in [1.82, 2.24) is 4.90 Å². The van der Waals surface area contributed by atoms with Gasteiger partial charge in [0.25, 0.3) is 0 Å². The molecule has 1 aromatic carbocycles. The van der Waals surface area contributed by atoms with Crippen molar-refractivity contribution < 1.29 is 9.90 Å². The molecule has 1 saturated carbocycles. The van der Waals surface area contributed by atoms with E-state index < -0.39 is 11.4 Å². The zero-order valence-corrected chi connectivity index (χ0v) is 13.0. The third kappa shape index (κ3) is 2.84. The van der Waals surface area contributed by atoms with Gasteiger partial charge in [-0.3, -0.25) is 9.69 Å². The van der Waals surface area contributed by atoms with Crippen molar-refractivity contribution in [2.45, 2.75) is 45.6 Å². The van der Waals surface area contributed by atoms with Gasteiger partial charge in [0, 0.05) is 13.1 Å². The van der Waals surface area contributed by atoms with Gasteiger partial charge in [-0.2, -0.15) is 0 Å². The molecule has 1 heterocycles. The summed E-state index contributed by atoms with van der Waals surface area (Å²) in [5.74, 6) is 0.341. The Morgan fingerprint density at radius 3 is 2.48 bits per heavy atom. The Morgan fingerprint density at radius 2 is 2.00 bits per heavy atom. The molecule has 0 bridgehead atoms. The highest BCUT2D eigenvalue weighted by atomic mass is 16.4. The van der Waals surface area contributed by atoms with Gasteiger partial charge in [-0.1, -0.05) is 38.1 Å². The average Bonchev–Trinajstić information content (AvgIpc) is 3.20. The summed E-state index contributed by atoms with van der Waals surface area (Å²) in [6, 6.07) is 8.92. The fourth-order valence-electron chi connectivity index (χ4n) is 3.51. The lowest BCUT2D eigenvalue weighted by molar-refractivity contribution is -0.151. The van der Waals surface area contributed by atoms with Crippen molar-refractivity contribution in [3.63, 3.8) is 0 Å². The predicted octanol–water partition coefficient (Wildman–Crippen LogP) is 3.50. The summed E-state index contributed by atoms with van der Waals surface area (Å²) in [5.41, 5.74) is 2.19. The van der Waals surface area contributed by atoms with Gasteiger partial charge >= 0.3 is 5.97 Å². The largest absolute Gasteiger partial charge is 0.481 e. The van der Waals surface area contributed by atoms with Crippen LogP contribution in [0.25, 0.3) is 0 Å². The maximum atomic E-state index is 11.7. The zero-order valence-electron chi connectivity index (χ0n) is 13.0. The molecule has 0 aromatic heterocycles. The smallest absolute Gasteiger partial charge is 0.311 e. The third-order valence-corrected chi connectivity index (χ3v) is 5.35. The number of hydrogen-bond donors (Lipinski definition) is 1. The molecule has 0 radical (unpaired) electrons. The highest BCUT2D eigenvalue weighted by Gasteiger charge is 2.47. The number of carboxylic acid groups (broad SMARTS) is 1. The fraction of sp³-hybridized carbons (Fsp3) is 0.611. The summed E-state index contributed by atoms with van der Waals surface area (Å²) in [6.45, 7) is 6.48. The van der Waals surface area contributed by atoms with E-state index in [1.807, 2.05) is 13.8 Å². The Morgan fingerprint density at radius 1 is 1.33 bits per heavy atom. The van der Waals surface area contributed by atoms with Gasteiger partial charge in [-0.15, -0.1) is 0 Å². The number of aliphatic carboxylic acids is 1. The molecule has 114 valence electrons. The van der Waals surface area contributed by atoms with Crippen LogP contribution >= 0.6 is 0 Å². The van der Waals surface area contributed by atoms with E-state index in [4.69, 9.17) is 0 Å². The second-order valence-electron chi connectivity index (χ2n) is 7.09. The molecule has 2 fully saturated rings. The third-order valence-electron chi connectivity index (χ3n) is 5.35. The van der Waals surface area contributed by atoms with Crippen LogP contribution in [0.2, 0.25) is 0 Å². The molecule has 0 spiro atoms. The molecule has 1 N–H and O–H groups in total. The lowest BCUT2D eigenvalue weighted by atomic mass is 9.76. The Labute approximate surface area is 127 Å². The summed E-state index contributed by atoms with van der Waals surface area (Å²) in [7, 11) is 0. The molecule has 3 rings (SSSR count). The molecule has 2 aliphatic rings. The van der Waals surface area contributed by atoms with Gasteiger partial charge in [-0.05, 0) is 48.8 Å². The van der Waals surface area contributed by atoms with E-state index in [9.17, 15) is 9.90 Å².